The first kappa shape index (κ1) is 10.5. The molecule has 3 rings (SSSR count). The molecule has 1 heterocycles. The highest BCUT2D eigenvalue weighted by Crippen LogP contribution is 2.42. The molecule has 0 saturated carbocycles. The van der Waals surface area contributed by atoms with E-state index in [-0.39, 0.29) is 0 Å². The van der Waals surface area contributed by atoms with Gasteiger partial charge < -0.3 is 5.32 Å². The predicted molar refractivity (Wildman–Crippen MR) is 69.8 cm³/mol. The first-order valence-electron chi connectivity index (χ1n) is 5.53. The van der Waals surface area contributed by atoms with Crippen molar-refractivity contribution in [1.82, 2.24) is 0 Å². The van der Waals surface area contributed by atoms with E-state index in [9.17, 15) is 9.59 Å². The Hall–Kier alpha value is -2.62. The number of carbonyl (C=O) groups is 2. The van der Waals surface area contributed by atoms with Crippen LogP contribution in [0.5, 0.6) is 0 Å². The fourth-order valence-corrected chi connectivity index (χ4v) is 2.11. The van der Waals surface area contributed by atoms with Crippen LogP contribution in [0.4, 0.5) is 22.7 Å². The molecule has 1 amide bonds. The molecule has 0 radical (unpaired) electrons. The molecule has 1 aliphatic rings. The van der Waals surface area contributed by atoms with Gasteiger partial charge in [0, 0.05) is 5.56 Å². The van der Waals surface area contributed by atoms with Crippen LogP contribution in [0.3, 0.4) is 0 Å². The smallest absolute Gasteiger partial charge is 0.218 e. The maximum atomic E-state index is 11.3. The van der Waals surface area contributed by atoms with E-state index in [1.165, 1.54) is 0 Å². The number of nitrogens with zero attached hydrogens (tertiary/aromatic N) is 1. The molecule has 0 saturated heterocycles. The highest BCUT2D eigenvalue weighted by atomic mass is 16.1. The summed E-state index contributed by atoms with van der Waals surface area (Å²) in [6.07, 6.45) is 1.56. The van der Waals surface area contributed by atoms with Crippen molar-refractivity contribution >= 4 is 35.4 Å². The van der Waals surface area contributed by atoms with Gasteiger partial charge in [0.25, 0.3) is 0 Å². The van der Waals surface area contributed by atoms with Crippen LogP contribution >= 0.6 is 0 Å². The van der Waals surface area contributed by atoms with Crippen molar-refractivity contribution in [1.29, 1.82) is 0 Å². The number of para-hydroxylation sites is 2. The number of anilines is 4. The van der Waals surface area contributed by atoms with Gasteiger partial charge in [-0.15, -0.1) is 0 Å². The molecule has 0 spiro atoms. The first-order chi connectivity index (χ1) is 8.83. The number of rotatable bonds is 2. The molecule has 2 aromatic carbocycles. The normalized spacial score (nSPS) is 12.1. The van der Waals surface area contributed by atoms with E-state index in [2.05, 4.69) is 5.32 Å². The van der Waals surface area contributed by atoms with E-state index in [4.69, 9.17) is 0 Å². The van der Waals surface area contributed by atoms with Crippen LogP contribution in [0.1, 0.15) is 10.4 Å². The van der Waals surface area contributed by atoms with Crippen LogP contribution in [0.15, 0.2) is 42.5 Å². The highest BCUT2D eigenvalue weighted by molar-refractivity contribution is 6.02. The van der Waals surface area contributed by atoms with Crippen molar-refractivity contribution in [3.63, 3.8) is 0 Å². The topological polar surface area (TPSA) is 49.4 Å². The van der Waals surface area contributed by atoms with Gasteiger partial charge in [-0.25, -0.2) is 0 Å². The summed E-state index contributed by atoms with van der Waals surface area (Å²) in [7, 11) is 0. The van der Waals surface area contributed by atoms with Gasteiger partial charge in [0.15, 0.2) is 0 Å². The number of nitrogens with one attached hydrogen (secondary N) is 1. The Balaban J connectivity index is 2.19. The number of hydrogen-bond donors (Lipinski definition) is 1. The molecule has 2 aromatic rings. The number of fused-ring (bicyclic) bond motifs is 2. The number of benzene rings is 2. The zero-order valence-corrected chi connectivity index (χ0v) is 9.46. The minimum absolute atomic E-state index is 0.575. The summed E-state index contributed by atoms with van der Waals surface area (Å²) in [6.45, 7) is 0. The minimum atomic E-state index is 0.575. The third-order valence-corrected chi connectivity index (χ3v) is 2.95. The maximum Gasteiger partial charge on any atom is 0.218 e. The Labute approximate surface area is 104 Å². The monoisotopic (exact) mass is 238 g/mol. The fraction of sp³-hybridized carbons (Fsp3) is 0. The van der Waals surface area contributed by atoms with Crippen molar-refractivity contribution < 1.29 is 9.59 Å². The molecule has 0 atom stereocenters. The van der Waals surface area contributed by atoms with E-state index < -0.39 is 0 Å². The Morgan fingerprint density at radius 3 is 2.50 bits per heavy atom. The molecule has 18 heavy (non-hydrogen) atoms. The lowest BCUT2D eigenvalue weighted by atomic mass is 10.1. The molecule has 0 fully saturated rings. The standard InChI is InChI=1S/C14H10N2O2/c17-8-10-5-6-14-12(7-10)15-11-3-1-2-4-13(11)16(14)9-18/h1-9,15H. The van der Waals surface area contributed by atoms with Crippen LogP contribution in [0.25, 0.3) is 0 Å². The molecule has 0 unspecified atom stereocenters. The van der Waals surface area contributed by atoms with Gasteiger partial charge in [-0.05, 0) is 30.3 Å². The largest absolute Gasteiger partial charge is 0.352 e. The summed E-state index contributed by atoms with van der Waals surface area (Å²) >= 11 is 0. The summed E-state index contributed by atoms with van der Waals surface area (Å²) in [5, 5.41) is 3.22. The molecule has 4 heteroatoms. The fourth-order valence-electron chi connectivity index (χ4n) is 2.11. The van der Waals surface area contributed by atoms with Gasteiger partial charge >= 0.3 is 0 Å². The molecular weight excluding hydrogens is 228 g/mol. The molecular formula is C14H10N2O2. The predicted octanol–water partition coefficient (Wildman–Crippen LogP) is 2.85. The quantitative estimate of drug-likeness (QED) is 0.818. The molecule has 1 aliphatic heterocycles. The summed E-state index contributed by atoms with van der Waals surface area (Å²) in [6, 6.07) is 12.7. The van der Waals surface area contributed by atoms with Crippen molar-refractivity contribution in [2.45, 2.75) is 0 Å². The van der Waals surface area contributed by atoms with Crippen molar-refractivity contribution in [3.8, 4) is 0 Å². The Bertz CT molecular complexity index is 637. The third-order valence-electron chi connectivity index (χ3n) is 2.95. The Kier molecular flexibility index (Phi) is 2.34. The van der Waals surface area contributed by atoms with Crippen LogP contribution in [0.2, 0.25) is 0 Å². The number of hydrogen-bond acceptors (Lipinski definition) is 3. The summed E-state index contributed by atoms with van der Waals surface area (Å²) in [5.74, 6) is 0. The summed E-state index contributed by atoms with van der Waals surface area (Å²) in [4.78, 5) is 23.6. The number of aldehydes is 1. The Morgan fingerprint density at radius 1 is 0.944 bits per heavy atom. The molecule has 0 bridgehead atoms. The SMILES string of the molecule is O=Cc1ccc2c(c1)Nc1ccccc1N2C=O. The average Bonchev–Trinajstić information content (AvgIpc) is 2.44. The van der Waals surface area contributed by atoms with E-state index in [1.807, 2.05) is 24.3 Å². The van der Waals surface area contributed by atoms with Crippen LogP contribution in [0, 0.1) is 0 Å². The second-order valence-electron chi connectivity index (χ2n) is 4.01. The molecule has 0 aliphatic carbocycles. The molecule has 0 aromatic heterocycles. The zero-order chi connectivity index (χ0) is 12.5. The molecule has 88 valence electrons. The maximum absolute atomic E-state index is 11.3. The van der Waals surface area contributed by atoms with E-state index in [1.54, 1.807) is 23.1 Å². The first-order valence-corrected chi connectivity index (χ1v) is 5.53. The number of amides is 1. The van der Waals surface area contributed by atoms with Crippen molar-refractivity contribution in [2.75, 3.05) is 10.2 Å². The summed E-state index contributed by atoms with van der Waals surface area (Å²) in [5.41, 5.74) is 3.73. The van der Waals surface area contributed by atoms with Crippen LogP contribution < -0.4 is 10.2 Å². The van der Waals surface area contributed by atoms with Crippen molar-refractivity contribution in [2.24, 2.45) is 0 Å². The third kappa shape index (κ3) is 1.47. The molecule has 4 nitrogen and oxygen atoms in total. The summed E-state index contributed by atoms with van der Waals surface area (Å²) < 4.78 is 0. The van der Waals surface area contributed by atoms with Gasteiger partial charge in [-0.1, -0.05) is 12.1 Å². The minimum Gasteiger partial charge on any atom is -0.352 e. The van der Waals surface area contributed by atoms with Gasteiger partial charge in [0.1, 0.15) is 6.29 Å². The zero-order valence-electron chi connectivity index (χ0n) is 9.46. The van der Waals surface area contributed by atoms with Crippen molar-refractivity contribution in [3.05, 3.63) is 48.0 Å². The highest BCUT2D eigenvalue weighted by Gasteiger charge is 2.21. The van der Waals surface area contributed by atoms with Crippen LogP contribution in [-0.2, 0) is 4.79 Å². The van der Waals surface area contributed by atoms with Gasteiger partial charge in [0.2, 0.25) is 6.41 Å². The van der Waals surface area contributed by atoms with E-state index in [0.29, 0.717) is 5.56 Å². The lowest BCUT2D eigenvalue weighted by Gasteiger charge is -2.29. The van der Waals surface area contributed by atoms with E-state index >= 15 is 0 Å². The second-order valence-corrected chi connectivity index (χ2v) is 4.01. The van der Waals surface area contributed by atoms with Crippen LogP contribution in [-0.4, -0.2) is 12.7 Å². The lowest BCUT2D eigenvalue weighted by Crippen LogP contribution is -2.20. The lowest BCUT2D eigenvalue weighted by molar-refractivity contribution is -0.106. The van der Waals surface area contributed by atoms with E-state index in [0.717, 1.165) is 35.4 Å². The average molecular weight is 238 g/mol. The van der Waals surface area contributed by atoms with Gasteiger partial charge in [0.05, 0.1) is 22.7 Å². The van der Waals surface area contributed by atoms with Gasteiger partial charge in [-0.3, -0.25) is 14.5 Å². The number of carbonyl (C=O) groups excluding carboxylic acids is 2. The van der Waals surface area contributed by atoms with Gasteiger partial charge in [-0.2, -0.15) is 0 Å². The second kappa shape index (κ2) is 4.00. The molecule has 1 N–H and O–H groups in total. The Morgan fingerprint density at radius 2 is 1.72 bits per heavy atom.